The summed E-state index contributed by atoms with van der Waals surface area (Å²) in [4.78, 5) is 0. The Bertz CT molecular complexity index is 241. The fourth-order valence-electron chi connectivity index (χ4n) is 1.82. The molecule has 13 heavy (non-hydrogen) atoms. The molecular weight excluding hydrogens is 176 g/mol. The first-order chi connectivity index (χ1) is 6.47. The maximum Gasteiger partial charge on any atom is 0.0187 e. The zero-order valence-corrected chi connectivity index (χ0v) is 8.78. The van der Waals surface area contributed by atoms with Gasteiger partial charge >= 0.3 is 0 Å². The van der Waals surface area contributed by atoms with Gasteiger partial charge in [-0.2, -0.15) is 11.8 Å². The second-order valence-electron chi connectivity index (χ2n) is 3.63. The van der Waals surface area contributed by atoms with E-state index in [-0.39, 0.29) is 0 Å². The van der Waals surface area contributed by atoms with Crippen LogP contribution in [-0.2, 0) is 12.2 Å². The lowest BCUT2D eigenvalue weighted by Gasteiger charge is -2.05. The SMILES string of the molecule is c1ccc2c(c1)CCCCCSC2. The number of fused-ring (bicyclic) bond motifs is 1. The second-order valence-corrected chi connectivity index (χ2v) is 4.74. The van der Waals surface area contributed by atoms with Crippen molar-refractivity contribution in [3.05, 3.63) is 35.4 Å². The number of aryl methyl sites for hydroxylation is 1. The third kappa shape index (κ3) is 2.50. The molecule has 0 radical (unpaired) electrons. The minimum absolute atomic E-state index is 1.22. The molecule has 1 aliphatic heterocycles. The van der Waals surface area contributed by atoms with Crippen LogP contribution >= 0.6 is 11.8 Å². The molecule has 0 N–H and O–H groups in total. The average molecular weight is 192 g/mol. The zero-order chi connectivity index (χ0) is 8.93. The highest BCUT2D eigenvalue weighted by Crippen LogP contribution is 2.22. The second kappa shape index (κ2) is 4.71. The van der Waals surface area contributed by atoms with Crippen molar-refractivity contribution >= 4 is 11.8 Å². The van der Waals surface area contributed by atoms with Crippen LogP contribution in [0.25, 0.3) is 0 Å². The molecule has 0 aliphatic carbocycles. The Labute approximate surface area is 84.7 Å². The number of thioether (sulfide) groups is 1. The van der Waals surface area contributed by atoms with Crippen LogP contribution in [0.1, 0.15) is 30.4 Å². The molecule has 0 spiro atoms. The van der Waals surface area contributed by atoms with Crippen molar-refractivity contribution in [2.24, 2.45) is 0 Å². The van der Waals surface area contributed by atoms with Gasteiger partial charge < -0.3 is 0 Å². The van der Waals surface area contributed by atoms with Crippen LogP contribution in [0, 0.1) is 0 Å². The number of hydrogen-bond donors (Lipinski definition) is 0. The summed E-state index contributed by atoms with van der Waals surface area (Å²) in [5, 5.41) is 0. The van der Waals surface area contributed by atoms with Gasteiger partial charge in [-0.3, -0.25) is 0 Å². The Kier molecular flexibility index (Phi) is 3.31. The van der Waals surface area contributed by atoms with Gasteiger partial charge in [0.15, 0.2) is 0 Å². The van der Waals surface area contributed by atoms with Gasteiger partial charge in [-0.1, -0.05) is 30.7 Å². The maximum atomic E-state index is 2.29. The molecule has 1 aromatic rings. The highest BCUT2D eigenvalue weighted by atomic mass is 32.2. The molecule has 0 nitrogen and oxygen atoms in total. The van der Waals surface area contributed by atoms with Crippen molar-refractivity contribution in [1.82, 2.24) is 0 Å². The summed E-state index contributed by atoms with van der Waals surface area (Å²) in [6.45, 7) is 0. The van der Waals surface area contributed by atoms with E-state index in [0.717, 1.165) is 0 Å². The molecule has 0 amide bonds. The van der Waals surface area contributed by atoms with Crippen molar-refractivity contribution in [2.45, 2.75) is 31.4 Å². The molecule has 0 saturated carbocycles. The van der Waals surface area contributed by atoms with Gasteiger partial charge in [0.05, 0.1) is 0 Å². The van der Waals surface area contributed by atoms with E-state index in [4.69, 9.17) is 0 Å². The molecule has 1 heterocycles. The van der Waals surface area contributed by atoms with E-state index >= 15 is 0 Å². The largest absolute Gasteiger partial charge is 0.157 e. The zero-order valence-electron chi connectivity index (χ0n) is 7.96. The molecule has 0 bridgehead atoms. The van der Waals surface area contributed by atoms with Crippen molar-refractivity contribution in [3.8, 4) is 0 Å². The lowest BCUT2D eigenvalue weighted by atomic mass is 10.0. The van der Waals surface area contributed by atoms with Gasteiger partial charge in [0.2, 0.25) is 0 Å². The summed E-state index contributed by atoms with van der Waals surface area (Å²) in [5.74, 6) is 2.56. The van der Waals surface area contributed by atoms with Crippen LogP contribution in [0.3, 0.4) is 0 Å². The van der Waals surface area contributed by atoms with Gasteiger partial charge in [0.1, 0.15) is 0 Å². The van der Waals surface area contributed by atoms with Crippen molar-refractivity contribution in [1.29, 1.82) is 0 Å². The van der Waals surface area contributed by atoms with Crippen LogP contribution in [-0.4, -0.2) is 5.75 Å². The van der Waals surface area contributed by atoms with Crippen molar-refractivity contribution in [2.75, 3.05) is 5.75 Å². The number of hydrogen-bond acceptors (Lipinski definition) is 1. The van der Waals surface area contributed by atoms with Crippen LogP contribution in [0.15, 0.2) is 24.3 Å². The number of rotatable bonds is 0. The van der Waals surface area contributed by atoms with Gasteiger partial charge in [0, 0.05) is 5.75 Å². The van der Waals surface area contributed by atoms with E-state index in [1.54, 1.807) is 11.1 Å². The highest BCUT2D eigenvalue weighted by molar-refractivity contribution is 7.98. The molecule has 0 atom stereocenters. The van der Waals surface area contributed by atoms with Crippen molar-refractivity contribution < 1.29 is 0 Å². The minimum Gasteiger partial charge on any atom is -0.157 e. The van der Waals surface area contributed by atoms with Gasteiger partial charge in [-0.05, 0) is 36.1 Å². The monoisotopic (exact) mass is 192 g/mol. The van der Waals surface area contributed by atoms with Gasteiger partial charge in [0.25, 0.3) is 0 Å². The molecule has 70 valence electrons. The lowest BCUT2D eigenvalue weighted by molar-refractivity contribution is 0.723. The van der Waals surface area contributed by atoms with Gasteiger partial charge in [-0.25, -0.2) is 0 Å². The molecule has 1 heteroatoms. The Balaban J connectivity index is 2.17. The van der Waals surface area contributed by atoms with Crippen molar-refractivity contribution in [3.63, 3.8) is 0 Å². The Hall–Kier alpha value is -0.430. The first kappa shape index (κ1) is 9.14. The normalized spacial score (nSPS) is 18.2. The molecule has 1 aromatic carbocycles. The minimum atomic E-state index is 1.22. The molecule has 2 rings (SSSR count). The van der Waals surface area contributed by atoms with Gasteiger partial charge in [-0.15, -0.1) is 0 Å². The molecular formula is C12H16S. The third-order valence-electron chi connectivity index (χ3n) is 2.61. The fraction of sp³-hybridized carbons (Fsp3) is 0.500. The summed E-state index contributed by atoms with van der Waals surface area (Å²) in [6, 6.07) is 8.91. The summed E-state index contributed by atoms with van der Waals surface area (Å²) in [7, 11) is 0. The first-order valence-corrected chi connectivity index (χ1v) is 6.27. The predicted octanol–water partition coefficient (Wildman–Crippen LogP) is 3.65. The molecule has 1 aliphatic rings. The van der Waals surface area contributed by atoms with E-state index in [1.807, 2.05) is 0 Å². The Morgan fingerprint density at radius 3 is 2.69 bits per heavy atom. The summed E-state index contributed by atoms with van der Waals surface area (Å²) in [5.41, 5.74) is 3.14. The van der Waals surface area contributed by atoms with E-state index in [2.05, 4.69) is 36.0 Å². The fourth-order valence-corrected chi connectivity index (χ4v) is 2.87. The number of benzene rings is 1. The van der Waals surface area contributed by atoms with Crippen LogP contribution < -0.4 is 0 Å². The molecule has 0 saturated heterocycles. The summed E-state index contributed by atoms with van der Waals surface area (Å²) in [6.07, 6.45) is 5.47. The van der Waals surface area contributed by atoms with Crippen LogP contribution in [0.4, 0.5) is 0 Å². The quantitative estimate of drug-likeness (QED) is 0.604. The van der Waals surface area contributed by atoms with E-state index in [1.165, 1.54) is 37.2 Å². The standard InChI is InChI=1S/C12H16S/c1-2-6-11-7-3-4-8-12(11)10-13-9-5-1/h3-4,7-8H,1-2,5-6,9-10H2. The third-order valence-corrected chi connectivity index (χ3v) is 3.70. The van der Waals surface area contributed by atoms with Crippen LogP contribution in [0.5, 0.6) is 0 Å². The van der Waals surface area contributed by atoms with E-state index < -0.39 is 0 Å². The Morgan fingerprint density at radius 2 is 1.77 bits per heavy atom. The highest BCUT2D eigenvalue weighted by Gasteiger charge is 2.04. The summed E-state index contributed by atoms with van der Waals surface area (Å²) < 4.78 is 0. The van der Waals surface area contributed by atoms with E-state index in [0.29, 0.717) is 0 Å². The van der Waals surface area contributed by atoms with E-state index in [9.17, 15) is 0 Å². The predicted molar refractivity (Wildman–Crippen MR) is 60.2 cm³/mol. The molecule has 0 aromatic heterocycles. The molecule has 0 unspecified atom stereocenters. The van der Waals surface area contributed by atoms with Crippen LogP contribution in [0.2, 0.25) is 0 Å². The smallest absolute Gasteiger partial charge is 0.0187 e. The maximum absolute atomic E-state index is 2.29. The molecule has 0 fully saturated rings. The lowest BCUT2D eigenvalue weighted by Crippen LogP contribution is -1.90. The summed E-state index contributed by atoms with van der Waals surface area (Å²) >= 11 is 2.09. The average Bonchev–Trinajstić information content (AvgIpc) is 2.28. The Morgan fingerprint density at radius 1 is 0.923 bits per heavy atom. The topological polar surface area (TPSA) is 0 Å². The first-order valence-electron chi connectivity index (χ1n) is 5.11.